The van der Waals surface area contributed by atoms with Crippen LogP contribution in [0.4, 0.5) is 5.69 Å². The summed E-state index contributed by atoms with van der Waals surface area (Å²) >= 11 is 0. The highest BCUT2D eigenvalue weighted by atomic mass is 32.2. The zero-order valence-electron chi connectivity index (χ0n) is 15.0. The molecule has 1 aliphatic carbocycles. The Balaban J connectivity index is 1.35. The van der Waals surface area contributed by atoms with Gasteiger partial charge in [0, 0.05) is 43.0 Å². The fraction of sp³-hybridized carbons (Fsp3) is 0.529. The van der Waals surface area contributed by atoms with Crippen molar-refractivity contribution < 1.29 is 17.9 Å². The average Bonchev–Trinajstić information content (AvgIpc) is 2.56. The van der Waals surface area contributed by atoms with Crippen LogP contribution in [0.2, 0.25) is 0 Å². The smallest absolute Gasteiger partial charge is 0.276 e. The second kappa shape index (κ2) is 5.66. The lowest BCUT2D eigenvalue weighted by molar-refractivity contribution is 0.0212. The molecule has 1 saturated carbocycles. The van der Waals surface area contributed by atoms with Crippen molar-refractivity contribution in [1.29, 1.82) is 0 Å². The number of nitrogens with zero attached hydrogens (tertiary/aromatic N) is 4. The summed E-state index contributed by atoms with van der Waals surface area (Å²) < 4.78 is 35.6. The van der Waals surface area contributed by atoms with Gasteiger partial charge in [0.15, 0.2) is 11.5 Å². The molecule has 2 aliphatic heterocycles. The summed E-state index contributed by atoms with van der Waals surface area (Å²) in [5.74, 6) is 1.44. The van der Waals surface area contributed by atoms with Crippen molar-refractivity contribution in [2.45, 2.75) is 18.9 Å². The highest BCUT2D eigenvalue weighted by Crippen LogP contribution is 2.52. The van der Waals surface area contributed by atoms with Crippen LogP contribution in [0.1, 0.15) is 12.8 Å². The van der Waals surface area contributed by atoms with Crippen LogP contribution in [0.5, 0.6) is 11.5 Å². The topological polar surface area (TPSA) is 111 Å². The van der Waals surface area contributed by atoms with E-state index in [1.54, 1.807) is 13.2 Å². The fourth-order valence-electron chi connectivity index (χ4n) is 4.43. The van der Waals surface area contributed by atoms with E-state index in [4.69, 9.17) is 14.6 Å². The maximum absolute atomic E-state index is 11.5. The van der Waals surface area contributed by atoms with E-state index in [1.165, 1.54) is 4.31 Å². The molecule has 2 fully saturated rings. The van der Waals surface area contributed by atoms with E-state index >= 15 is 0 Å². The molecule has 0 atom stereocenters. The van der Waals surface area contributed by atoms with Crippen molar-refractivity contribution in [2.75, 3.05) is 38.3 Å². The molecule has 144 valence electrons. The standard InChI is InChI=1S/C17H21N5O4S/c1-21(27(18,23)24)11-6-17(7-11)9-22(10-17)14-8-19-20-13-5-16-15(4-12(13)14)25-2-3-26-16/h4-5,8,11H,2-3,6-7,9-10H2,1H3,(H2,18,23,24). The van der Waals surface area contributed by atoms with Crippen molar-refractivity contribution in [2.24, 2.45) is 10.6 Å². The highest BCUT2D eigenvalue weighted by molar-refractivity contribution is 7.86. The predicted molar refractivity (Wildman–Crippen MR) is 99.1 cm³/mol. The van der Waals surface area contributed by atoms with Crippen molar-refractivity contribution in [3.8, 4) is 11.5 Å². The molecule has 9 nitrogen and oxygen atoms in total. The summed E-state index contributed by atoms with van der Waals surface area (Å²) in [7, 11) is -2.07. The third-order valence-corrected chi connectivity index (χ3v) is 7.03. The molecule has 5 rings (SSSR count). The van der Waals surface area contributed by atoms with E-state index in [1.807, 2.05) is 12.1 Å². The number of aromatic nitrogens is 2. The van der Waals surface area contributed by atoms with Gasteiger partial charge in [0.2, 0.25) is 0 Å². The summed E-state index contributed by atoms with van der Waals surface area (Å²) in [6.07, 6.45) is 3.44. The molecule has 0 unspecified atom stereocenters. The lowest BCUT2D eigenvalue weighted by atomic mass is 9.60. The quantitative estimate of drug-likeness (QED) is 0.811. The van der Waals surface area contributed by atoms with Gasteiger partial charge in [-0.05, 0) is 18.9 Å². The molecule has 2 aromatic rings. The Bertz CT molecular complexity index is 1010. The first kappa shape index (κ1) is 17.0. The van der Waals surface area contributed by atoms with E-state index in [0.717, 1.165) is 48.3 Å². The second-order valence-electron chi connectivity index (χ2n) is 7.72. The normalized spacial score (nSPS) is 21.4. The molecule has 0 amide bonds. The molecular weight excluding hydrogens is 370 g/mol. The summed E-state index contributed by atoms with van der Waals surface area (Å²) in [5, 5.41) is 14.6. The molecule has 3 aliphatic rings. The van der Waals surface area contributed by atoms with Gasteiger partial charge in [0.05, 0.1) is 17.4 Å². The average molecular weight is 391 g/mol. The minimum atomic E-state index is -3.62. The number of ether oxygens (including phenoxy) is 2. The van der Waals surface area contributed by atoms with E-state index in [0.29, 0.717) is 19.0 Å². The van der Waals surface area contributed by atoms with E-state index in [2.05, 4.69) is 15.1 Å². The van der Waals surface area contributed by atoms with E-state index < -0.39 is 10.2 Å². The lowest BCUT2D eigenvalue weighted by Crippen LogP contribution is -2.67. The first-order valence-electron chi connectivity index (χ1n) is 8.90. The van der Waals surface area contributed by atoms with Gasteiger partial charge in [-0.3, -0.25) is 0 Å². The summed E-state index contributed by atoms with van der Waals surface area (Å²) in [5.41, 5.74) is 1.96. The number of hydrogen-bond acceptors (Lipinski definition) is 7. The van der Waals surface area contributed by atoms with E-state index in [-0.39, 0.29) is 11.5 Å². The van der Waals surface area contributed by atoms with Gasteiger partial charge < -0.3 is 14.4 Å². The van der Waals surface area contributed by atoms with Gasteiger partial charge >= 0.3 is 0 Å². The fourth-order valence-corrected chi connectivity index (χ4v) is 4.99. The summed E-state index contributed by atoms with van der Waals surface area (Å²) in [6.45, 7) is 2.82. The van der Waals surface area contributed by atoms with Gasteiger partial charge in [-0.15, -0.1) is 0 Å². The molecule has 0 bridgehead atoms. The molecule has 0 radical (unpaired) electrons. The Morgan fingerprint density at radius 2 is 1.89 bits per heavy atom. The van der Waals surface area contributed by atoms with Crippen molar-refractivity contribution >= 4 is 26.8 Å². The monoisotopic (exact) mass is 391 g/mol. The van der Waals surface area contributed by atoms with Crippen molar-refractivity contribution in [1.82, 2.24) is 14.5 Å². The van der Waals surface area contributed by atoms with Gasteiger partial charge in [-0.25, -0.2) is 5.14 Å². The van der Waals surface area contributed by atoms with Crippen LogP contribution in [0.3, 0.4) is 0 Å². The molecule has 10 heteroatoms. The number of hydrogen-bond donors (Lipinski definition) is 1. The van der Waals surface area contributed by atoms with Crippen LogP contribution in [-0.4, -0.2) is 62.3 Å². The molecule has 1 spiro atoms. The Hall–Kier alpha value is -2.17. The maximum Gasteiger partial charge on any atom is 0.276 e. The molecular formula is C17H21N5O4S. The summed E-state index contributed by atoms with van der Waals surface area (Å²) in [6, 6.07) is 3.83. The van der Waals surface area contributed by atoms with Gasteiger partial charge in [0.25, 0.3) is 10.2 Å². The van der Waals surface area contributed by atoms with E-state index in [9.17, 15) is 8.42 Å². The molecule has 2 N–H and O–H groups in total. The van der Waals surface area contributed by atoms with Crippen LogP contribution in [0.25, 0.3) is 10.9 Å². The minimum absolute atomic E-state index is 0.00738. The highest BCUT2D eigenvalue weighted by Gasteiger charge is 2.54. The van der Waals surface area contributed by atoms with Gasteiger partial charge in [-0.1, -0.05) is 0 Å². The molecule has 1 aromatic heterocycles. The van der Waals surface area contributed by atoms with Gasteiger partial charge in [-0.2, -0.15) is 22.9 Å². The number of rotatable bonds is 3. The number of fused-ring (bicyclic) bond motifs is 2. The van der Waals surface area contributed by atoms with Crippen LogP contribution in [-0.2, 0) is 10.2 Å². The number of nitrogens with two attached hydrogens (primary N) is 1. The first-order chi connectivity index (χ1) is 12.8. The van der Waals surface area contributed by atoms with Gasteiger partial charge in [0.1, 0.15) is 13.2 Å². The molecule has 3 heterocycles. The summed E-state index contributed by atoms with van der Waals surface area (Å²) in [4.78, 5) is 2.26. The van der Waals surface area contributed by atoms with Crippen LogP contribution >= 0.6 is 0 Å². The van der Waals surface area contributed by atoms with Crippen LogP contribution in [0.15, 0.2) is 18.3 Å². The molecule has 1 saturated heterocycles. The number of benzene rings is 1. The maximum atomic E-state index is 11.5. The van der Waals surface area contributed by atoms with Crippen LogP contribution in [0, 0.1) is 5.41 Å². The third kappa shape index (κ3) is 2.70. The Kier molecular flexibility index (Phi) is 3.56. The third-order valence-electron chi connectivity index (χ3n) is 5.93. The van der Waals surface area contributed by atoms with Crippen molar-refractivity contribution in [3.63, 3.8) is 0 Å². The van der Waals surface area contributed by atoms with Crippen LogP contribution < -0.4 is 19.5 Å². The molecule has 1 aromatic carbocycles. The second-order valence-corrected chi connectivity index (χ2v) is 9.33. The predicted octanol–water partition coefficient (Wildman–Crippen LogP) is 0.505. The zero-order chi connectivity index (χ0) is 18.8. The SMILES string of the molecule is CN(C1CC2(C1)CN(c1cnnc3cc4c(cc13)OCCO4)C2)S(N)(=O)=O. The molecule has 27 heavy (non-hydrogen) atoms. The zero-order valence-corrected chi connectivity index (χ0v) is 15.8. The van der Waals surface area contributed by atoms with Crippen molar-refractivity contribution in [3.05, 3.63) is 18.3 Å². The number of anilines is 1. The minimum Gasteiger partial charge on any atom is -0.486 e. The largest absolute Gasteiger partial charge is 0.486 e. The Morgan fingerprint density at radius 3 is 2.56 bits per heavy atom. The Labute approximate surface area is 157 Å². The lowest BCUT2D eigenvalue weighted by Gasteiger charge is -2.60. The first-order valence-corrected chi connectivity index (χ1v) is 10.4. The Morgan fingerprint density at radius 1 is 1.22 bits per heavy atom.